The van der Waals surface area contributed by atoms with Crippen LogP contribution in [0, 0.1) is 11.8 Å². The average Bonchev–Trinajstić information content (AvgIpc) is 3.42. The third kappa shape index (κ3) is 4.69. The molecule has 7 aromatic carbocycles. The topological polar surface area (TPSA) is 3.24 Å². The molecule has 1 aliphatic rings. The fourth-order valence-electron chi connectivity index (χ4n) is 6.87. The van der Waals surface area contributed by atoms with Crippen LogP contribution in [0.25, 0.3) is 22.3 Å². The molecule has 0 saturated heterocycles. The Bertz CT molecular complexity index is 2150. The molecule has 0 spiro atoms. The predicted molar refractivity (Wildman–Crippen MR) is 192 cm³/mol. The lowest BCUT2D eigenvalue weighted by Gasteiger charge is -2.31. The van der Waals surface area contributed by atoms with Crippen LogP contribution in [0.3, 0.4) is 0 Å². The molecule has 0 bridgehead atoms. The first-order valence-electron chi connectivity index (χ1n) is 15.7. The fraction of sp³-hybridized carbons (Fsp3) is 0.0222. The van der Waals surface area contributed by atoms with Gasteiger partial charge < -0.3 is 4.90 Å². The summed E-state index contributed by atoms with van der Waals surface area (Å²) in [6.07, 6.45) is 0. The Morgan fingerprint density at radius 1 is 0.370 bits per heavy atom. The van der Waals surface area contributed by atoms with Gasteiger partial charge in [0, 0.05) is 22.6 Å². The molecule has 1 aliphatic carbocycles. The maximum absolute atomic E-state index is 3.93. The van der Waals surface area contributed by atoms with E-state index in [9.17, 15) is 0 Å². The minimum Gasteiger partial charge on any atom is -0.310 e. The zero-order valence-corrected chi connectivity index (χ0v) is 25.3. The molecule has 46 heavy (non-hydrogen) atoms. The zero-order valence-electron chi connectivity index (χ0n) is 25.3. The number of rotatable bonds is 5. The molecule has 7 aromatic rings. The molecule has 8 rings (SSSR count). The van der Waals surface area contributed by atoms with Gasteiger partial charge in [-0.2, -0.15) is 0 Å². The highest BCUT2D eigenvalue weighted by Gasteiger charge is 2.45. The van der Waals surface area contributed by atoms with Crippen LogP contribution in [0.15, 0.2) is 188 Å². The Labute approximate surface area is 271 Å². The predicted octanol–water partition coefficient (Wildman–Crippen LogP) is 11.2. The molecule has 0 radical (unpaired) electrons. The largest absolute Gasteiger partial charge is 0.310 e. The first-order chi connectivity index (χ1) is 22.8. The summed E-state index contributed by atoms with van der Waals surface area (Å²) in [5.41, 5.74) is 12.0. The van der Waals surface area contributed by atoms with Gasteiger partial charge in [0.25, 0.3) is 0 Å². The van der Waals surface area contributed by atoms with Crippen LogP contribution < -0.4 is 4.90 Å². The molecule has 0 saturated carbocycles. The molecule has 1 atom stereocenters. The van der Waals surface area contributed by atoms with Crippen LogP contribution in [-0.4, -0.2) is 0 Å². The second-order valence-electron chi connectivity index (χ2n) is 11.6. The Balaban J connectivity index is 1.45. The lowest BCUT2D eigenvalue weighted by Crippen LogP contribution is -2.26. The van der Waals surface area contributed by atoms with Crippen LogP contribution in [0.5, 0.6) is 0 Å². The third-order valence-electron chi connectivity index (χ3n) is 8.90. The maximum atomic E-state index is 3.93. The van der Waals surface area contributed by atoms with Crippen molar-refractivity contribution in [2.75, 3.05) is 4.90 Å². The van der Waals surface area contributed by atoms with Gasteiger partial charge in [0.05, 0.1) is 0 Å². The van der Waals surface area contributed by atoms with E-state index in [4.69, 9.17) is 0 Å². The van der Waals surface area contributed by atoms with Gasteiger partial charge in [0.2, 0.25) is 0 Å². The Kier molecular flexibility index (Phi) is 7.02. The fourth-order valence-corrected chi connectivity index (χ4v) is 6.87. The highest BCUT2D eigenvalue weighted by Crippen LogP contribution is 2.55. The summed E-state index contributed by atoms with van der Waals surface area (Å²) in [7, 11) is 0. The summed E-state index contributed by atoms with van der Waals surface area (Å²) in [5, 5.41) is 0. The van der Waals surface area contributed by atoms with E-state index in [2.05, 4.69) is 199 Å². The third-order valence-corrected chi connectivity index (χ3v) is 8.90. The lowest BCUT2D eigenvalue weighted by atomic mass is 9.70. The van der Waals surface area contributed by atoms with Gasteiger partial charge in [-0.05, 0) is 87.5 Å². The van der Waals surface area contributed by atoms with Crippen molar-refractivity contribution in [3.63, 3.8) is 0 Å². The summed E-state index contributed by atoms with van der Waals surface area (Å²) >= 11 is 0. The number of para-hydroxylation sites is 2. The Morgan fingerprint density at radius 2 is 0.848 bits per heavy atom. The van der Waals surface area contributed by atoms with Crippen LogP contribution in [0.4, 0.5) is 17.1 Å². The maximum Gasteiger partial charge on any atom is 0.108 e. The Hall–Kier alpha value is -6.10. The first-order valence-corrected chi connectivity index (χ1v) is 15.7. The minimum absolute atomic E-state index is 0.719. The number of nitrogens with zero attached hydrogens (tertiary/aromatic N) is 1. The number of benzene rings is 7. The second-order valence-corrected chi connectivity index (χ2v) is 11.6. The van der Waals surface area contributed by atoms with Crippen molar-refractivity contribution in [2.24, 2.45) is 0 Å². The molecule has 0 heterocycles. The van der Waals surface area contributed by atoms with Crippen LogP contribution >= 0.6 is 0 Å². The smallest absolute Gasteiger partial charge is 0.108 e. The number of anilines is 3. The SMILES string of the molecule is C(#CC1(c2ccccc2-c2ccccc2)c2ccccc2-c2ccc(N(c3ccccc3)c3ccccc3)cc21)c1ccccc1. The zero-order chi connectivity index (χ0) is 30.8. The molecule has 216 valence electrons. The van der Waals surface area contributed by atoms with Crippen molar-refractivity contribution in [1.29, 1.82) is 0 Å². The van der Waals surface area contributed by atoms with Gasteiger partial charge in [0.1, 0.15) is 5.41 Å². The van der Waals surface area contributed by atoms with Gasteiger partial charge in [-0.3, -0.25) is 0 Å². The van der Waals surface area contributed by atoms with Crippen molar-refractivity contribution < 1.29 is 0 Å². The molecular weight excluding hydrogens is 555 g/mol. The number of hydrogen-bond acceptors (Lipinski definition) is 1. The molecule has 0 aliphatic heterocycles. The van der Waals surface area contributed by atoms with Gasteiger partial charge >= 0.3 is 0 Å². The first kappa shape index (κ1) is 27.4. The van der Waals surface area contributed by atoms with E-state index in [0.717, 1.165) is 22.6 Å². The summed E-state index contributed by atoms with van der Waals surface area (Å²) in [5.74, 6) is 7.56. The highest BCUT2D eigenvalue weighted by atomic mass is 15.1. The monoisotopic (exact) mass is 585 g/mol. The molecule has 0 aromatic heterocycles. The van der Waals surface area contributed by atoms with Crippen molar-refractivity contribution in [2.45, 2.75) is 5.41 Å². The molecule has 0 fully saturated rings. The van der Waals surface area contributed by atoms with Crippen LogP contribution in [0.2, 0.25) is 0 Å². The molecule has 1 heteroatoms. The van der Waals surface area contributed by atoms with Gasteiger partial charge in [-0.15, -0.1) is 0 Å². The van der Waals surface area contributed by atoms with Gasteiger partial charge in [-0.25, -0.2) is 0 Å². The van der Waals surface area contributed by atoms with E-state index in [1.54, 1.807) is 0 Å². The Morgan fingerprint density at radius 3 is 1.48 bits per heavy atom. The summed E-state index contributed by atoms with van der Waals surface area (Å²) in [6, 6.07) is 66.7. The van der Waals surface area contributed by atoms with Crippen LogP contribution in [0.1, 0.15) is 22.3 Å². The molecular formula is C45H31N. The normalized spacial score (nSPS) is 14.4. The van der Waals surface area contributed by atoms with E-state index >= 15 is 0 Å². The average molecular weight is 586 g/mol. The van der Waals surface area contributed by atoms with E-state index < -0.39 is 5.41 Å². The van der Waals surface area contributed by atoms with E-state index in [1.165, 1.54) is 38.9 Å². The lowest BCUT2D eigenvalue weighted by molar-refractivity contribution is 0.839. The standard InChI is InChI=1S/C45H31N/c1-5-17-34(18-6-1)31-32-45(42-27-15-13-25-39(42)35-19-7-2-8-20-35)43-28-16-14-26-40(43)41-30-29-38(33-44(41)45)46(36-21-9-3-10-22-36)37-23-11-4-12-24-37/h1-30,33H. The van der Waals surface area contributed by atoms with Crippen LogP contribution in [-0.2, 0) is 5.41 Å². The molecule has 0 amide bonds. The van der Waals surface area contributed by atoms with Crippen molar-refractivity contribution >= 4 is 17.1 Å². The van der Waals surface area contributed by atoms with E-state index in [0.29, 0.717) is 0 Å². The summed E-state index contributed by atoms with van der Waals surface area (Å²) in [6.45, 7) is 0. The molecule has 1 nitrogen and oxygen atoms in total. The highest BCUT2D eigenvalue weighted by molar-refractivity contribution is 5.91. The van der Waals surface area contributed by atoms with E-state index in [-0.39, 0.29) is 0 Å². The molecule has 0 N–H and O–H groups in total. The van der Waals surface area contributed by atoms with Crippen molar-refractivity contribution in [3.8, 4) is 34.1 Å². The molecule has 1 unspecified atom stereocenters. The van der Waals surface area contributed by atoms with Gasteiger partial charge in [-0.1, -0.05) is 151 Å². The number of fused-ring (bicyclic) bond motifs is 3. The van der Waals surface area contributed by atoms with Gasteiger partial charge in [0.15, 0.2) is 0 Å². The van der Waals surface area contributed by atoms with Crippen molar-refractivity contribution in [1.82, 2.24) is 0 Å². The number of hydrogen-bond donors (Lipinski definition) is 0. The second kappa shape index (κ2) is 11.8. The van der Waals surface area contributed by atoms with Crippen molar-refractivity contribution in [3.05, 3.63) is 210 Å². The summed E-state index contributed by atoms with van der Waals surface area (Å²) in [4.78, 5) is 2.34. The summed E-state index contributed by atoms with van der Waals surface area (Å²) < 4.78 is 0. The van der Waals surface area contributed by atoms with E-state index in [1.807, 2.05) is 6.07 Å². The minimum atomic E-state index is -0.719. The quantitative estimate of drug-likeness (QED) is 0.182.